The Hall–Kier alpha value is -0.120. The van der Waals surface area contributed by atoms with Crippen molar-refractivity contribution in [2.45, 2.75) is 33.2 Å². The summed E-state index contributed by atoms with van der Waals surface area (Å²) in [5.41, 5.74) is 0. The Kier molecular flexibility index (Phi) is 9.35. The molecule has 0 saturated heterocycles. The molecule has 0 aromatic rings. The summed E-state index contributed by atoms with van der Waals surface area (Å²) in [6.07, 6.45) is 1.20. The van der Waals surface area contributed by atoms with Crippen LogP contribution < -0.4 is 5.32 Å². The molecule has 14 heavy (non-hydrogen) atoms. The Labute approximate surface area is 88.8 Å². The fourth-order valence-electron chi connectivity index (χ4n) is 1.22. The lowest BCUT2D eigenvalue weighted by Gasteiger charge is -2.24. The molecule has 3 nitrogen and oxygen atoms in total. The summed E-state index contributed by atoms with van der Waals surface area (Å²) >= 11 is 0. The molecule has 1 unspecified atom stereocenters. The zero-order valence-corrected chi connectivity index (χ0v) is 10.2. The van der Waals surface area contributed by atoms with Gasteiger partial charge in [0.25, 0.3) is 0 Å². The zero-order valence-electron chi connectivity index (χ0n) is 10.2. The predicted octanol–water partition coefficient (Wildman–Crippen LogP) is 1.34. The Balaban J connectivity index is 3.39. The summed E-state index contributed by atoms with van der Waals surface area (Å²) in [4.78, 5) is 2.33. The van der Waals surface area contributed by atoms with Crippen molar-refractivity contribution in [3.63, 3.8) is 0 Å². The van der Waals surface area contributed by atoms with Crippen LogP contribution in [0.15, 0.2) is 0 Å². The number of likely N-dealkylation sites (N-methyl/N-ethyl adjacent to an activating group) is 1. The number of hydrogen-bond donors (Lipinski definition) is 1. The van der Waals surface area contributed by atoms with Gasteiger partial charge in [-0.05, 0) is 33.9 Å². The molecular formula is C11H26N2O. The van der Waals surface area contributed by atoms with Crippen LogP contribution in [0, 0.1) is 0 Å². The summed E-state index contributed by atoms with van der Waals surface area (Å²) in [6.45, 7) is 11.3. The average Bonchev–Trinajstić information content (AvgIpc) is 2.18. The molecule has 0 rings (SSSR count). The highest BCUT2D eigenvalue weighted by Crippen LogP contribution is 1.93. The quantitative estimate of drug-likeness (QED) is 0.571. The maximum atomic E-state index is 5.32. The van der Waals surface area contributed by atoms with Gasteiger partial charge in [0, 0.05) is 25.7 Å². The van der Waals surface area contributed by atoms with E-state index in [2.05, 4.69) is 31.1 Å². The minimum absolute atomic E-state index is 0.585. The fraction of sp³-hybridized carbons (Fsp3) is 1.00. The molecule has 0 aliphatic heterocycles. The van der Waals surface area contributed by atoms with Gasteiger partial charge in [0.2, 0.25) is 0 Å². The van der Waals surface area contributed by atoms with Crippen LogP contribution >= 0.6 is 0 Å². The van der Waals surface area contributed by atoms with Crippen LogP contribution in [-0.2, 0) is 4.74 Å². The highest BCUT2D eigenvalue weighted by molar-refractivity contribution is 4.65. The Morgan fingerprint density at radius 3 is 2.64 bits per heavy atom. The molecule has 0 fully saturated rings. The molecule has 0 saturated carbocycles. The van der Waals surface area contributed by atoms with Crippen LogP contribution in [0.1, 0.15) is 27.2 Å². The summed E-state index contributed by atoms with van der Waals surface area (Å²) in [7, 11) is 2.15. The van der Waals surface area contributed by atoms with Crippen LogP contribution in [0.2, 0.25) is 0 Å². The molecule has 0 aromatic carbocycles. The van der Waals surface area contributed by atoms with Gasteiger partial charge in [-0.3, -0.25) is 0 Å². The Morgan fingerprint density at radius 2 is 2.07 bits per heavy atom. The van der Waals surface area contributed by atoms with Gasteiger partial charge in [-0.2, -0.15) is 0 Å². The van der Waals surface area contributed by atoms with Gasteiger partial charge in [0.1, 0.15) is 0 Å². The molecule has 0 heterocycles. The summed E-state index contributed by atoms with van der Waals surface area (Å²) in [5.74, 6) is 0. The standard InChI is InChI=1S/C11H26N2O/c1-5-7-12-10-11(3)13(4)8-9-14-6-2/h11-12H,5-10H2,1-4H3. The average molecular weight is 202 g/mol. The van der Waals surface area contributed by atoms with Crippen molar-refractivity contribution in [3.05, 3.63) is 0 Å². The van der Waals surface area contributed by atoms with Crippen molar-refractivity contribution < 1.29 is 4.74 Å². The maximum absolute atomic E-state index is 5.32. The number of ether oxygens (including phenoxy) is 1. The van der Waals surface area contributed by atoms with Crippen molar-refractivity contribution >= 4 is 0 Å². The predicted molar refractivity (Wildman–Crippen MR) is 61.7 cm³/mol. The Bertz CT molecular complexity index is 106. The number of nitrogens with zero attached hydrogens (tertiary/aromatic N) is 1. The Morgan fingerprint density at radius 1 is 1.36 bits per heavy atom. The van der Waals surface area contributed by atoms with E-state index in [1.807, 2.05) is 6.92 Å². The smallest absolute Gasteiger partial charge is 0.0593 e. The van der Waals surface area contributed by atoms with Crippen molar-refractivity contribution in [2.24, 2.45) is 0 Å². The molecule has 1 N–H and O–H groups in total. The van der Waals surface area contributed by atoms with E-state index >= 15 is 0 Å². The number of rotatable bonds is 9. The molecule has 0 amide bonds. The first-order valence-electron chi connectivity index (χ1n) is 5.71. The summed E-state index contributed by atoms with van der Waals surface area (Å²) in [5, 5.41) is 3.42. The summed E-state index contributed by atoms with van der Waals surface area (Å²) in [6, 6.07) is 0.585. The van der Waals surface area contributed by atoms with Gasteiger partial charge in [-0.1, -0.05) is 6.92 Å². The van der Waals surface area contributed by atoms with Gasteiger partial charge < -0.3 is 15.0 Å². The highest BCUT2D eigenvalue weighted by Gasteiger charge is 2.07. The first-order valence-corrected chi connectivity index (χ1v) is 5.71. The molecule has 0 aliphatic carbocycles. The molecule has 1 atom stereocenters. The third kappa shape index (κ3) is 7.30. The molecule has 0 aromatic heterocycles. The van der Waals surface area contributed by atoms with E-state index in [4.69, 9.17) is 4.74 Å². The third-order valence-electron chi connectivity index (χ3n) is 2.41. The van der Waals surface area contributed by atoms with Crippen LogP contribution in [0.5, 0.6) is 0 Å². The van der Waals surface area contributed by atoms with Gasteiger partial charge in [-0.25, -0.2) is 0 Å². The second-order valence-electron chi connectivity index (χ2n) is 3.73. The monoisotopic (exact) mass is 202 g/mol. The van der Waals surface area contributed by atoms with Crippen LogP contribution in [0.25, 0.3) is 0 Å². The lowest BCUT2D eigenvalue weighted by Crippen LogP contribution is -2.39. The topological polar surface area (TPSA) is 24.5 Å². The highest BCUT2D eigenvalue weighted by atomic mass is 16.5. The molecule has 86 valence electrons. The molecule has 0 spiro atoms. The van der Waals surface area contributed by atoms with Crippen molar-refractivity contribution in [3.8, 4) is 0 Å². The van der Waals surface area contributed by atoms with Gasteiger partial charge >= 0.3 is 0 Å². The second-order valence-corrected chi connectivity index (χ2v) is 3.73. The van der Waals surface area contributed by atoms with E-state index in [0.29, 0.717) is 6.04 Å². The number of nitrogens with one attached hydrogen (secondary N) is 1. The van der Waals surface area contributed by atoms with Gasteiger partial charge in [0.05, 0.1) is 6.61 Å². The first kappa shape index (κ1) is 13.9. The van der Waals surface area contributed by atoms with Crippen LogP contribution in [0.4, 0.5) is 0 Å². The van der Waals surface area contributed by atoms with Crippen molar-refractivity contribution in [2.75, 3.05) is 39.9 Å². The third-order valence-corrected chi connectivity index (χ3v) is 2.41. The lowest BCUT2D eigenvalue weighted by molar-refractivity contribution is 0.110. The number of hydrogen-bond acceptors (Lipinski definition) is 3. The normalized spacial score (nSPS) is 13.5. The summed E-state index contributed by atoms with van der Waals surface area (Å²) < 4.78 is 5.32. The van der Waals surface area contributed by atoms with Crippen molar-refractivity contribution in [1.29, 1.82) is 0 Å². The first-order chi connectivity index (χ1) is 6.72. The van der Waals surface area contributed by atoms with Crippen LogP contribution in [-0.4, -0.2) is 50.8 Å². The molecule has 0 bridgehead atoms. The van der Waals surface area contributed by atoms with Gasteiger partial charge in [-0.15, -0.1) is 0 Å². The van der Waals surface area contributed by atoms with E-state index < -0.39 is 0 Å². The largest absolute Gasteiger partial charge is 0.380 e. The molecule has 3 heteroatoms. The molecule has 0 radical (unpaired) electrons. The lowest BCUT2D eigenvalue weighted by atomic mass is 10.3. The minimum Gasteiger partial charge on any atom is -0.380 e. The molecular weight excluding hydrogens is 176 g/mol. The van der Waals surface area contributed by atoms with E-state index in [1.54, 1.807) is 0 Å². The van der Waals surface area contributed by atoms with Gasteiger partial charge in [0.15, 0.2) is 0 Å². The van der Waals surface area contributed by atoms with E-state index in [9.17, 15) is 0 Å². The SMILES string of the molecule is CCCNCC(C)N(C)CCOCC. The van der Waals surface area contributed by atoms with Crippen LogP contribution in [0.3, 0.4) is 0 Å². The zero-order chi connectivity index (χ0) is 10.8. The maximum Gasteiger partial charge on any atom is 0.0593 e. The fourth-order valence-corrected chi connectivity index (χ4v) is 1.22. The minimum atomic E-state index is 0.585. The van der Waals surface area contributed by atoms with E-state index in [0.717, 1.165) is 32.8 Å². The second kappa shape index (κ2) is 9.44. The van der Waals surface area contributed by atoms with E-state index in [-0.39, 0.29) is 0 Å². The van der Waals surface area contributed by atoms with Crippen molar-refractivity contribution in [1.82, 2.24) is 10.2 Å². The molecule has 0 aliphatic rings. The van der Waals surface area contributed by atoms with E-state index in [1.165, 1.54) is 6.42 Å².